The Bertz CT molecular complexity index is 628. The van der Waals surface area contributed by atoms with E-state index in [9.17, 15) is 9.18 Å². The minimum Gasteiger partial charge on any atom is -0.320 e. The van der Waals surface area contributed by atoms with Crippen molar-refractivity contribution in [2.24, 2.45) is 0 Å². The van der Waals surface area contributed by atoms with Gasteiger partial charge in [0.25, 0.3) is 5.91 Å². The molecular formula is C13H7Br2FINO. The third-order valence-electron chi connectivity index (χ3n) is 2.38. The van der Waals surface area contributed by atoms with Gasteiger partial charge in [0, 0.05) is 12.5 Å². The summed E-state index contributed by atoms with van der Waals surface area (Å²) in [6.07, 6.45) is 0. The van der Waals surface area contributed by atoms with E-state index < -0.39 is 0 Å². The molecule has 19 heavy (non-hydrogen) atoms. The molecule has 0 aliphatic heterocycles. The molecule has 0 bridgehead atoms. The first kappa shape index (κ1) is 14.9. The summed E-state index contributed by atoms with van der Waals surface area (Å²) in [5.41, 5.74) is 1.08. The monoisotopic (exact) mass is 497 g/mol. The lowest BCUT2D eigenvalue weighted by atomic mass is 10.2. The van der Waals surface area contributed by atoms with E-state index in [-0.39, 0.29) is 11.7 Å². The highest BCUT2D eigenvalue weighted by Crippen LogP contribution is 2.31. The van der Waals surface area contributed by atoms with Gasteiger partial charge in [-0.05, 0) is 84.8 Å². The summed E-state index contributed by atoms with van der Waals surface area (Å²) in [5, 5.41) is 2.80. The lowest BCUT2D eigenvalue weighted by Gasteiger charge is -2.10. The molecule has 98 valence electrons. The van der Waals surface area contributed by atoms with Gasteiger partial charge in [0.2, 0.25) is 0 Å². The number of halogens is 4. The SMILES string of the molecule is O=C(Nc1c(Br)cccc1Br)c1ccc(F)cc1I. The van der Waals surface area contributed by atoms with Gasteiger partial charge in [0.05, 0.1) is 11.3 Å². The number of amides is 1. The van der Waals surface area contributed by atoms with Gasteiger partial charge in [0.1, 0.15) is 5.82 Å². The Labute approximate surface area is 140 Å². The van der Waals surface area contributed by atoms with Gasteiger partial charge in [-0.15, -0.1) is 0 Å². The Morgan fingerprint density at radius 3 is 2.37 bits per heavy atom. The summed E-state index contributed by atoms with van der Waals surface area (Å²) in [7, 11) is 0. The maximum atomic E-state index is 13.0. The number of nitrogens with one attached hydrogen (secondary N) is 1. The maximum absolute atomic E-state index is 13.0. The Balaban J connectivity index is 2.31. The van der Waals surface area contributed by atoms with Gasteiger partial charge in [-0.25, -0.2) is 4.39 Å². The Morgan fingerprint density at radius 2 is 1.79 bits per heavy atom. The molecule has 0 saturated heterocycles. The number of rotatable bonds is 2. The van der Waals surface area contributed by atoms with Crippen LogP contribution in [0.2, 0.25) is 0 Å². The molecule has 2 aromatic carbocycles. The third kappa shape index (κ3) is 3.55. The maximum Gasteiger partial charge on any atom is 0.256 e. The molecule has 0 aliphatic carbocycles. The largest absolute Gasteiger partial charge is 0.320 e. The molecule has 2 aromatic rings. The van der Waals surface area contributed by atoms with Crippen LogP contribution < -0.4 is 5.32 Å². The summed E-state index contributed by atoms with van der Waals surface area (Å²) in [4.78, 5) is 12.2. The van der Waals surface area contributed by atoms with Crippen LogP contribution in [0, 0.1) is 9.39 Å². The standard InChI is InChI=1S/C13H7Br2FINO/c14-9-2-1-3-10(15)12(9)18-13(19)8-5-4-7(16)6-11(8)17/h1-6H,(H,18,19). The van der Waals surface area contributed by atoms with E-state index in [1.54, 1.807) is 0 Å². The normalized spacial score (nSPS) is 10.3. The molecule has 6 heteroatoms. The number of benzene rings is 2. The van der Waals surface area contributed by atoms with Crippen molar-refractivity contribution >= 4 is 66.0 Å². The van der Waals surface area contributed by atoms with Crippen LogP contribution in [0.15, 0.2) is 45.3 Å². The number of para-hydroxylation sites is 1. The zero-order valence-electron chi connectivity index (χ0n) is 9.38. The van der Waals surface area contributed by atoms with Gasteiger partial charge in [0.15, 0.2) is 0 Å². The second-order valence-electron chi connectivity index (χ2n) is 3.67. The Morgan fingerprint density at radius 1 is 1.16 bits per heavy atom. The van der Waals surface area contributed by atoms with Crippen molar-refractivity contribution in [3.63, 3.8) is 0 Å². The summed E-state index contributed by atoms with van der Waals surface area (Å²) >= 11 is 8.68. The van der Waals surface area contributed by atoms with Crippen LogP contribution >= 0.6 is 54.5 Å². The van der Waals surface area contributed by atoms with Crippen LogP contribution in [0.25, 0.3) is 0 Å². The van der Waals surface area contributed by atoms with E-state index in [2.05, 4.69) is 37.2 Å². The van der Waals surface area contributed by atoms with Crippen molar-refractivity contribution < 1.29 is 9.18 Å². The van der Waals surface area contributed by atoms with Crippen LogP contribution in [-0.4, -0.2) is 5.91 Å². The van der Waals surface area contributed by atoms with E-state index in [4.69, 9.17) is 0 Å². The third-order valence-corrected chi connectivity index (χ3v) is 4.59. The molecule has 0 fully saturated rings. The molecule has 1 N–H and O–H groups in total. The predicted octanol–water partition coefficient (Wildman–Crippen LogP) is 5.21. The molecule has 0 aromatic heterocycles. The fourth-order valence-corrected chi connectivity index (χ4v) is 3.39. The van der Waals surface area contributed by atoms with E-state index >= 15 is 0 Å². The van der Waals surface area contributed by atoms with Gasteiger partial charge in [-0.3, -0.25) is 4.79 Å². The molecular weight excluding hydrogens is 492 g/mol. The van der Waals surface area contributed by atoms with E-state index in [1.165, 1.54) is 18.2 Å². The van der Waals surface area contributed by atoms with Gasteiger partial charge >= 0.3 is 0 Å². The Kier molecular flexibility index (Phi) is 4.97. The van der Waals surface area contributed by atoms with E-state index in [0.29, 0.717) is 14.8 Å². The average Bonchev–Trinajstić information content (AvgIpc) is 2.33. The molecule has 0 saturated carbocycles. The highest BCUT2D eigenvalue weighted by atomic mass is 127. The van der Waals surface area contributed by atoms with Crippen molar-refractivity contribution in [1.29, 1.82) is 0 Å². The summed E-state index contributed by atoms with van der Waals surface area (Å²) in [5.74, 6) is -0.639. The zero-order chi connectivity index (χ0) is 14.0. The number of anilines is 1. The first-order chi connectivity index (χ1) is 8.99. The number of hydrogen-bond donors (Lipinski definition) is 1. The molecule has 0 heterocycles. The van der Waals surface area contributed by atoms with Crippen LogP contribution in [0.1, 0.15) is 10.4 Å². The zero-order valence-corrected chi connectivity index (χ0v) is 14.7. The molecule has 0 unspecified atom stereocenters. The molecule has 0 spiro atoms. The first-order valence-corrected chi connectivity index (χ1v) is 7.86. The smallest absolute Gasteiger partial charge is 0.256 e. The topological polar surface area (TPSA) is 29.1 Å². The lowest BCUT2D eigenvalue weighted by Crippen LogP contribution is -2.14. The molecule has 1 amide bonds. The molecule has 2 nitrogen and oxygen atoms in total. The van der Waals surface area contributed by atoms with Crippen molar-refractivity contribution in [3.05, 3.63) is 60.3 Å². The van der Waals surface area contributed by atoms with Gasteiger partial charge < -0.3 is 5.32 Å². The second-order valence-corrected chi connectivity index (χ2v) is 6.55. The lowest BCUT2D eigenvalue weighted by molar-refractivity contribution is 0.102. The quantitative estimate of drug-likeness (QED) is 0.566. The number of carbonyl (C=O) groups excluding carboxylic acids is 1. The minimum atomic E-state index is -0.358. The first-order valence-electron chi connectivity index (χ1n) is 5.19. The second kappa shape index (κ2) is 6.32. The summed E-state index contributed by atoms with van der Waals surface area (Å²) in [6, 6.07) is 9.57. The summed E-state index contributed by atoms with van der Waals surface area (Å²) in [6.45, 7) is 0. The van der Waals surface area contributed by atoms with E-state index in [1.807, 2.05) is 40.8 Å². The van der Waals surface area contributed by atoms with Crippen molar-refractivity contribution in [2.45, 2.75) is 0 Å². The van der Waals surface area contributed by atoms with Crippen LogP contribution in [0.4, 0.5) is 10.1 Å². The van der Waals surface area contributed by atoms with Crippen molar-refractivity contribution in [1.82, 2.24) is 0 Å². The highest BCUT2D eigenvalue weighted by molar-refractivity contribution is 14.1. The molecule has 0 radical (unpaired) electrons. The van der Waals surface area contributed by atoms with Crippen LogP contribution in [0.5, 0.6) is 0 Å². The highest BCUT2D eigenvalue weighted by Gasteiger charge is 2.13. The molecule has 0 aliphatic rings. The van der Waals surface area contributed by atoms with Gasteiger partial charge in [-0.2, -0.15) is 0 Å². The number of hydrogen-bond acceptors (Lipinski definition) is 1. The van der Waals surface area contributed by atoms with Crippen LogP contribution in [0.3, 0.4) is 0 Å². The van der Waals surface area contributed by atoms with Crippen molar-refractivity contribution in [2.75, 3.05) is 5.32 Å². The predicted molar refractivity (Wildman–Crippen MR) is 88.9 cm³/mol. The van der Waals surface area contributed by atoms with Crippen molar-refractivity contribution in [3.8, 4) is 0 Å². The summed E-state index contributed by atoms with van der Waals surface area (Å²) < 4.78 is 15.1. The minimum absolute atomic E-state index is 0.281. The van der Waals surface area contributed by atoms with Gasteiger partial charge in [-0.1, -0.05) is 6.07 Å². The number of carbonyl (C=O) groups is 1. The fraction of sp³-hybridized carbons (Fsp3) is 0. The Hall–Kier alpha value is -0.470. The fourth-order valence-electron chi connectivity index (χ4n) is 1.47. The molecule has 0 atom stereocenters. The van der Waals surface area contributed by atoms with E-state index in [0.717, 1.165) is 8.95 Å². The van der Waals surface area contributed by atoms with Crippen LogP contribution in [-0.2, 0) is 0 Å². The average molecular weight is 499 g/mol. The molecule has 2 rings (SSSR count).